The predicted molar refractivity (Wildman–Crippen MR) is 98.6 cm³/mol. The second-order valence-electron chi connectivity index (χ2n) is 5.45. The number of hydrogen-bond acceptors (Lipinski definition) is 3. The van der Waals surface area contributed by atoms with Crippen molar-refractivity contribution in [2.45, 2.75) is 13.3 Å². The summed E-state index contributed by atoms with van der Waals surface area (Å²) in [5.41, 5.74) is 1.88. The van der Waals surface area contributed by atoms with E-state index >= 15 is 0 Å². The van der Waals surface area contributed by atoms with Crippen LogP contribution in [0.4, 0.5) is 5.69 Å². The molecule has 126 valence electrons. The van der Waals surface area contributed by atoms with Gasteiger partial charge in [-0.05, 0) is 48.4 Å². The van der Waals surface area contributed by atoms with Gasteiger partial charge >= 0.3 is 0 Å². The Kier molecular flexibility index (Phi) is 4.95. The van der Waals surface area contributed by atoms with E-state index in [9.17, 15) is 9.59 Å². The van der Waals surface area contributed by atoms with Crippen LogP contribution in [0.25, 0.3) is 5.69 Å². The van der Waals surface area contributed by atoms with Crippen molar-refractivity contribution in [2.75, 3.05) is 5.32 Å². The van der Waals surface area contributed by atoms with Crippen molar-refractivity contribution in [1.29, 1.82) is 0 Å². The molecule has 1 N–H and O–H groups in total. The second kappa shape index (κ2) is 7.32. The van der Waals surface area contributed by atoms with E-state index in [2.05, 4.69) is 17.3 Å². The van der Waals surface area contributed by atoms with E-state index < -0.39 is 11.3 Å². The third kappa shape index (κ3) is 3.95. The van der Waals surface area contributed by atoms with Gasteiger partial charge in [-0.15, -0.1) is 0 Å². The minimum atomic E-state index is -0.544. The zero-order valence-electron chi connectivity index (χ0n) is 13.6. The van der Waals surface area contributed by atoms with Crippen LogP contribution in [0.5, 0.6) is 0 Å². The average molecular weight is 354 g/mol. The lowest BCUT2D eigenvalue weighted by atomic mass is 10.1. The monoisotopic (exact) mass is 353 g/mol. The largest absolute Gasteiger partial charge is 0.320 e. The number of carbonyl (C=O) groups excluding carboxylic acids is 1. The summed E-state index contributed by atoms with van der Waals surface area (Å²) in [6.07, 6.45) is 2.43. The van der Waals surface area contributed by atoms with E-state index in [1.165, 1.54) is 22.5 Å². The molecule has 6 heteroatoms. The second-order valence-corrected chi connectivity index (χ2v) is 5.89. The van der Waals surface area contributed by atoms with Gasteiger partial charge in [0.15, 0.2) is 5.69 Å². The highest BCUT2D eigenvalue weighted by Crippen LogP contribution is 2.13. The van der Waals surface area contributed by atoms with Gasteiger partial charge in [-0.3, -0.25) is 9.59 Å². The zero-order valence-corrected chi connectivity index (χ0v) is 14.3. The Morgan fingerprint density at radius 3 is 2.40 bits per heavy atom. The van der Waals surface area contributed by atoms with Gasteiger partial charge in [-0.2, -0.15) is 5.10 Å². The van der Waals surface area contributed by atoms with Crippen molar-refractivity contribution in [2.24, 2.45) is 0 Å². The Labute approximate surface area is 149 Å². The first-order valence-electron chi connectivity index (χ1n) is 7.83. The first-order valence-corrected chi connectivity index (χ1v) is 8.21. The molecule has 0 aliphatic rings. The Morgan fingerprint density at radius 1 is 1.08 bits per heavy atom. The molecule has 3 aromatic rings. The maximum Gasteiger partial charge on any atom is 0.280 e. The van der Waals surface area contributed by atoms with Crippen molar-refractivity contribution in [3.05, 3.63) is 87.3 Å². The number of amides is 1. The third-order valence-electron chi connectivity index (χ3n) is 3.73. The van der Waals surface area contributed by atoms with E-state index in [0.717, 1.165) is 6.42 Å². The number of halogens is 1. The fourth-order valence-corrected chi connectivity index (χ4v) is 2.44. The maximum absolute atomic E-state index is 12.4. The van der Waals surface area contributed by atoms with Crippen LogP contribution in [0, 0.1) is 0 Å². The normalized spacial score (nSPS) is 10.5. The smallest absolute Gasteiger partial charge is 0.280 e. The van der Waals surface area contributed by atoms with E-state index in [-0.39, 0.29) is 5.69 Å². The molecule has 0 saturated heterocycles. The molecule has 0 atom stereocenters. The number of nitrogens with zero attached hydrogens (tertiary/aromatic N) is 2. The fraction of sp³-hybridized carbons (Fsp3) is 0.105. The lowest BCUT2D eigenvalue weighted by Gasteiger charge is -2.08. The van der Waals surface area contributed by atoms with E-state index in [1.54, 1.807) is 36.4 Å². The number of aromatic nitrogens is 2. The lowest BCUT2D eigenvalue weighted by Crippen LogP contribution is -2.25. The summed E-state index contributed by atoms with van der Waals surface area (Å²) in [6, 6.07) is 15.7. The number of benzene rings is 2. The predicted octanol–water partition coefficient (Wildman–Crippen LogP) is 3.70. The number of aryl methyl sites for hydroxylation is 1. The van der Waals surface area contributed by atoms with Crippen LogP contribution in [-0.4, -0.2) is 15.7 Å². The molecule has 1 aromatic heterocycles. The number of carbonyl (C=O) groups is 1. The maximum atomic E-state index is 12.4. The SMILES string of the molecule is CCc1ccc(NC(=O)c2nn(-c3ccc(Cl)cc3)ccc2=O)cc1. The number of rotatable bonds is 4. The molecule has 25 heavy (non-hydrogen) atoms. The van der Waals surface area contributed by atoms with Crippen LogP contribution >= 0.6 is 11.6 Å². The highest BCUT2D eigenvalue weighted by molar-refractivity contribution is 6.30. The summed E-state index contributed by atoms with van der Waals surface area (Å²) in [5, 5.41) is 7.45. The van der Waals surface area contributed by atoms with Crippen molar-refractivity contribution in [3.8, 4) is 5.69 Å². The molecule has 0 radical (unpaired) electrons. The third-order valence-corrected chi connectivity index (χ3v) is 3.99. The molecule has 0 aliphatic carbocycles. The number of anilines is 1. The summed E-state index contributed by atoms with van der Waals surface area (Å²) < 4.78 is 1.47. The van der Waals surface area contributed by atoms with Crippen LogP contribution in [-0.2, 0) is 6.42 Å². The quantitative estimate of drug-likeness (QED) is 0.777. The molecule has 1 heterocycles. The molecule has 0 bridgehead atoms. The van der Waals surface area contributed by atoms with Crippen molar-refractivity contribution >= 4 is 23.2 Å². The summed E-state index contributed by atoms with van der Waals surface area (Å²) in [5.74, 6) is -0.544. The Bertz CT molecular complexity index is 948. The summed E-state index contributed by atoms with van der Waals surface area (Å²) in [7, 11) is 0. The molecule has 0 spiro atoms. The van der Waals surface area contributed by atoms with E-state index in [1.807, 2.05) is 12.1 Å². The van der Waals surface area contributed by atoms with Gasteiger partial charge in [0, 0.05) is 23.0 Å². The van der Waals surface area contributed by atoms with Gasteiger partial charge < -0.3 is 5.32 Å². The Morgan fingerprint density at radius 2 is 1.76 bits per heavy atom. The van der Waals surface area contributed by atoms with Crippen LogP contribution in [0.2, 0.25) is 5.02 Å². The van der Waals surface area contributed by atoms with E-state index in [4.69, 9.17) is 11.6 Å². The van der Waals surface area contributed by atoms with Gasteiger partial charge in [-0.1, -0.05) is 30.7 Å². The highest BCUT2D eigenvalue weighted by Gasteiger charge is 2.13. The van der Waals surface area contributed by atoms with Gasteiger partial charge in [0.05, 0.1) is 5.69 Å². The summed E-state index contributed by atoms with van der Waals surface area (Å²) in [4.78, 5) is 24.5. The van der Waals surface area contributed by atoms with Crippen LogP contribution in [0.15, 0.2) is 65.6 Å². The first-order chi connectivity index (χ1) is 12.1. The van der Waals surface area contributed by atoms with Crippen LogP contribution in [0.3, 0.4) is 0 Å². The number of hydrogen-bond donors (Lipinski definition) is 1. The van der Waals surface area contributed by atoms with Crippen molar-refractivity contribution < 1.29 is 4.79 Å². The minimum Gasteiger partial charge on any atom is -0.320 e. The average Bonchev–Trinajstić information content (AvgIpc) is 2.63. The van der Waals surface area contributed by atoms with Gasteiger partial charge in [0.25, 0.3) is 5.91 Å². The molecule has 0 saturated carbocycles. The van der Waals surface area contributed by atoms with Gasteiger partial charge in [0.2, 0.25) is 5.43 Å². The van der Waals surface area contributed by atoms with Crippen molar-refractivity contribution in [3.63, 3.8) is 0 Å². The summed E-state index contributed by atoms with van der Waals surface area (Å²) >= 11 is 5.87. The summed E-state index contributed by atoms with van der Waals surface area (Å²) in [6.45, 7) is 2.06. The first kappa shape index (κ1) is 16.9. The van der Waals surface area contributed by atoms with Crippen LogP contribution < -0.4 is 10.7 Å². The lowest BCUT2D eigenvalue weighted by molar-refractivity contribution is 0.101. The molecule has 0 unspecified atom stereocenters. The standard InChI is InChI=1S/C19H16ClN3O2/c1-2-13-3-7-15(8-4-13)21-19(25)18-17(24)11-12-23(22-18)16-9-5-14(20)6-10-16/h3-12H,2H2,1H3,(H,21,25). The van der Waals surface area contributed by atoms with Crippen molar-refractivity contribution in [1.82, 2.24) is 9.78 Å². The molecule has 3 rings (SSSR count). The minimum absolute atomic E-state index is 0.169. The topological polar surface area (TPSA) is 64.0 Å². The molecule has 5 nitrogen and oxygen atoms in total. The Balaban J connectivity index is 1.87. The van der Waals surface area contributed by atoms with Gasteiger partial charge in [-0.25, -0.2) is 4.68 Å². The molecule has 2 aromatic carbocycles. The van der Waals surface area contributed by atoms with E-state index in [0.29, 0.717) is 16.4 Å². The molecule has 0 aliphatic heterocycles. The molecular weight excluding hydrogens is 338 g/mol. The van der Waals surface area contributed by atoms with Gasteiger partial charge in [0.1, 0.15) is 0 Å². The molecular formula is C19H16ClN3O2. The van der Waals surface area contributed by atoms with Crippen LogP contribution in [0.1, 0.15) is 23.0 Å². The zero-order chi connectivity index (χ0) is 17.8. The highest BCUT2D eigenvalue weighted by atomic mass is 35.5. The molecule has 0 fully saturated rings. The fourth-order valence-electron chi connectivity index (χ4n) is 2.32. The number of nitrogens with one attached hydrogen (secondary N) is 1. The Hall–Kier alpha value is -2.92. The molecule has 1 amide bonds.